The quantitative estimate of drug-likeness (QED) is 0.809. The maximum absolute atomic E-state index is 5.56. The third kappa shape index (κ3) is 3.08. The van der Waals surface area contributed by atoms with Crippen LogP contribution in [0.4, 0.5) is 0 Å². The summed E-state index contributed by atoms with van der Waals surface area (Å²) in [7, 11) is 0. The summed E-state index contributed by atoms with van der Waals surface area (Å²) < 4.78 is 10.9. The number of nitrogens with one attached hydrogen (secondary N) is 1. The van der Waals surface area contributed by atoms with E-state index in [1.165, 1.54) is 12.8 Å². The van der Waals surface area contributed by atoms with Crippen LogP contribution in [0, 0.1) is 0 Å². The first-order valence-corrected chi connectivity index (χ1v) is 5.74. The molecule has 0 amide bonds. The van der Waals surface area contributed by atoms with Gasteiger partial charge in [0.05, 0.1) is 18.4 Å². The molecule has 1 saturated heterocycles. The van der Waals surface area contributed by atoms with Crippen LogP contribution in [0.5, 0.6) is 0 Å². The van der Waals surface area contributed by atoms with E-state index in [1.54, 1.807) is 6.26 Å². The Morgan fingerprint density at radius 1 is 1.60 bits per heavy atom. The highest BCUT2D eigenvalue weighted by Crippen LogP contribution is 2.16. The molecule has 1 N–H and O–H groups in total. The Morgan fingerprint density at radius 3 is 3.20 bits per heavy atom. The van der Waals surface area contributed by atoms with E-state index in [0.29, 0.717) is 12.1 Å². The lowest BCUT2D eigenvalue weighted by Gasteiger charge is -2.13. The van der Waals surface area contributed by atoms with Crippen LogP contribution in [0.15, 0.2) is 22.8 Å². The number of ether oxygens (including phenoxy) is 1. The zero-order valence-corrected chi connectivity index (χ0v) is 9.24. The highest BCUT2D eigenvalue weighted by Gasteiger charge is 2.15. The lowest BCUT2D eigenvalue weighted by Crippen LogP contribution is -2.23. The van der Waals surface area contributed by atoms with Crippen LogP contribution in [0.1, 0.15) is 38.0 Å². The van der Waals surface area contributed by atoms with Crippen LogP contribution < -0.4 is 5.32 Å². The molecular weight excluding hydrogens is 190 g/mol. The van der Waals surface area contributed by atoms with Gasteiger partial charge in [0.25, 0.3) is 0 Å². The molecule has 2 atom stereocenters. The van der Waals surface area contributed by atoms with Gasteiger partial charge in [-0.25, -0.2) is 0 Å². The summed E-state index contributed by atoms with van der Waals surface area (Å²) in [6.07, 6.45) is 5.73. The van der Waals surface area contributed by atoms with Crippen LogP contribution in [0.3, 0.4) is 0 Å². The fraction of sp³-hybridized carbons (Fsp3) is 0.667. The van der Waals surface area contributed by atoms with E-state index in [1.807, 2.05) is 12.1 Å². The van der Waals surface area contributed by atoms with Crippen molar-refractivity contribution in [3.63, 3.8) is 0 Å². The van der Waals surface area contributed by atoms with Crippen molar-refractivity contribution in [2.45, 2.75) is 38.3 Å². The van der Waals surface area contributed by atoms with Crippen LogP contribution in [0.25, 0.3) is 0 Å². The molecule has 1 fully saturated rings. The van der Waals surface area contributed by atoms with E-state index < -0.39 is 0 Å². The van der Waals surface area contributed by atoms with Crippen LogP contribution >= 0.6 is 0 Å². The number of hydrogen-bond acceptors (Lipinski definition) is 3. The summed E-state index contributed by atoms with van der Waals surface area (Å²) in [6, 6.07) is 4.22. The Bertz CT molecular complexity index is 265. The highest BCUT2D eigenvalue weighted by molar-refractivity contribution is 5.02. The molecule has 1 aromatic rings. The van der Waals surface area contributed by atoms with Crippen molar-refractivity contribution in [2.24, 2.45) is 0 Å². The van der Waals surface area contributed by atoms with Gasteiger partial charge in [-0.15, -0.1) is 0 Å². The second-order valence-corrected chi connectivity index (χ2v) is 4.11. The van der Waals surface area contributed by atoms with Crippen molar-refractivity contribution in [2.75, 3.05) is 13.2 Å². The monoisotopic (exact) mass is 209 g/mol. The standard InChI is InChI=1S/C12H19NO2/c1-10(12-5-3-9-15-12)13-7-6-11-4-2-8-14-11/h3,5,9-11,13H,2,4,6-8H2,1H3/t10-,11?/m1/s1. The fourth-order valence-electron chi connectivity index (χ4n) is 1.97. The molecule has 0 bridgehead atoms. The maximum Gasteiger partial charge on any atom is 0.120 e. The third-order valence-corrected chi connectivity index (χ3v) is 2.91. The van der Waals surface area contributed by atoms with Gasteiger partial charge in [0.1, 0.15) is 5.76 Å². The summed E-state index contributed by atoms with van der Waals surface area (Å²) in [5.74, 6) is 1.00. The van der Waals surface area contributed by atoms with Crippen LogP contribution in [-0.2, 0) is 4.74 Å². The van der Waals surface area contributed by atoms with Crippen molar-refractivity contribution in [1.82, 2.24) is 5.32 Å². The number of furan rings is 1. The predicted octanol–water partition coefficient (Wildman–Crippen LogP) is 2.50. The first-order valence-electron chi connectivity index (χ1n) is 5.74. The molecule has 0 spiro atoms. The van der Waals surface area contributed by atoms with Gasteiger partial charge in [-0.1, -0.05) is 0 Å². The molecule has 15 heavy (non-hydrogen) atoms. The molecule has 1 aliphatic rings. The summed E-state index contributed by atoms with van der Waals surface area (Å²) in [5, 5.41) is 3.44. The molecule has 0 aromatic carbocycles. The molecular formula is C12H19NO2. The predicted molar refractivity (Wildman–Crippen MR) is 58.7 cm³/mol. The smallest absolute Gasteiger partial charge is 0.120 e. The first kappa shape index (κ1) is 10.7. The molecule has 0 saturated carbocycles. The van der Waals surface area contributed by atoms with Gasteiger partial charge in [0.15, 0.2) is 0 Å². The minimum Gasteiger partial charge on any atom is -0.468 e. The zero-order valence-electron chi connectivity index (χ0n) is 9.24. The Labute approximate surface area is 90.8 Å². The topological polar surface area (TPSA) is 34.4 Å². The molecule has 3 heteroatoms. The Kier molecular flexibility index (Phi) is 3.80. The molecule has 3 nitrogen and oxygen atoms in total. The fourth-order valence-corrected chi connectivity index (χ4v) is 1.97. The van der Waals surface area contributed by atoms with Gasteiger partial charge >= 0.3 is 0 Å². The van der Waals surface area contributed by atoms with Crippen LogP contribution in [-0.4, -0.2) is 19.3 Å². The van der Waals surface area contributed by atoms with Crippen molar-refractivity contribution >= 4 is 0 Å². The van der Waals surface area contributed by atoms with E-state index in [2.05, 4.69) is 12.2 Å². The van der Waals surface area contributed by atoms with Crippen molar-refractivity contribution in [3.05, 3.63) is 24.2 Å². The van der Waals surface area contributed by atoms with Gasteiger partial charge in [0, 0.05) is 6.61 Å². The Hall–Kier alpha value is -0.800. The maximum atomic E-state index is 5.56. The third-order valence-electron chi connectivity index (χ3n) is 2.91. The number of rotatable bonds is 5. The van der Waals surface area contributed by atoms with Gasteiger partial charge in [0.2, 0.25) is 0 Å². The summed E-state index contributed by atoms with van der Waals surface area (Å²) in [5.41, 5.74) is 0. The average molecular weight is 209 g/mol. The highest BCUT2D eigenvalue weighted by atomic mass is 16.5. The van der Waals surface area contributed by atoms with E-state index in [4.69, 9.17) is 9.15 Å². The van der Waals surface area contributed by atoms with Crippen molar-refractivity contribution < 1.29 is 9.15 Å². The second-order valence-electron chi connectivity index (χ2n) is 4.11. The van der Waals surface area contributed by atoms with Gasteiger partial charge < -0.3 is 14.5 Å². The lowest BCUT2D eigenvalue weighted by molar-refractivity contribution is 0.103. The molecule has 2 rings (SSSR count). The second kappa shape index (κ2) is 5.33. The van der Waals surface area contributed by atoms with Crippen molar-refractivity contribution in [3.8, 4) is 0 Å². The average Bonchev–Trinajstić information content (AvgIpc) is 2.90. The Morgan fingerprint density at radius 2 is 2.53 bits per heavy atom. The van der Waals surface area contributed by atoms with E-state index in [9.17, 15) is 0 Å². The molecule has 1 aromatic heterocycles. The SMILES string of the molecule is C[C@@H](NCCC1CCCO1)c1ccco1. The molecule has 2 heterocycles. The largest absolute Gasteiger partial charge is 0.468 e. The molecule has 1 unspecified atom stereocenters. The number of hydrogen-bond donors (Lipinski definition) is 1. The first-order chi connectivity index (χ1) is 7.36. The van der Waals surface area contributed by atoms with Gasteiger partial charge in [-0.2, -0.15) is 0 Å². The summed E-state index contributed by atoms with van der Waals surface area (Å²) in [4.78, 5) is 0. The van der Waals surface area contributed by atoms with E-state index in [0.717, 1.165) is 25.3 Å². The molecule has 0 aliphatic carbocycles. The molecule has 0 radical (unpaired) electrons. The van der Waals surface area contributed by atoms with Crippen molar-refractivity contribution in [1.29, 1.82) is 0 Å². The minimum absolute atomic E-state index is 0.293. The lowest BCUT2D eigenvalue weighted by atomic mass is 10.1. The van der Waals surface area contributed by atoms with Crippen LogP contribution in [0.2, 0.25) is 0 Å². The summed E-state index contributed by atoms with van der Waals surface area (Å²) >= 11 is 0. The zero-order chi connectivity index (χ0) is 10.5. The normalized spacial score (nSPS) is 23.1. The molecule has 84 valence electrons. The van der Waals surface area contributed by atoms with Gasteiger partial charge in [-0.3, -0.25) is 0 Å². The molecule has 1 aliphatic heterocycles. The van der Waals surface area contributed by atoms with E-state index >= 15 is 0 Å². The van der Waals surface area contributed by atoms with Gasteiger partial charge in [-0.05, 0) is 44.9 Å². The van der Waals surface area contributed by atoms with E-state index in [-0.39, 0.29) is 0 Å². The Balaban J connectivity index is 1.65. The minimum atomic E-state index is 0.293. The summed E-state index contributed by atoms with van der Waals surface area (Å²) in [6.45, 7) is 4.05.